The fraction of sp³-hybridized carbons (Fsp3) is 0.421. The van der Waals surface area contributed by atoms with Gasteiger partial charge >= 0.3 is 6.09 Å². The van der Waals surface area contributed by atoms with Gasteiger partial charge in [0, 0.05) is 36.1 Å². The zero-order valence-electron chi connectivity index (χ0n) is 16.6. The molecule has 0 saturated heterocycles. The van der Waals surface area contributed by atoms with E-state index in [-0.39, 0.29) is 12.5 Å². The van der Waals surface area contributed by atoms with Gasteiger partial charge in [0.25, 0.3) is 0 Å². The first-order chi connectivity index (χ1) is 14.0. The van der Waals surface area contributed by atoms with E-state index in [1.165, 1.54) is 11.3 Å². The van der Waals surface area contributed by atoms with Gasteiger partial charge in [-0.05, 0) is 19.1 Å². The number of fused-ring (bicyclic) bond motifs is 1. The van der Waals surface area contributed by atoms with Crippen LogP contribution in [0.5, 0.6) is 11.5 Å². The third-order valence-electron chi connectivity index (χ3n) is 4.33. The van der Waals surface area contributed by atoms with Crippen LogP contribution in [-0.2, 0) is 22.5 Å². The predicted octanol–water partition coefficient (Wildman–Crippen LogP) is 2.73. The van der Waals surface area contributed by atoms with Crippen molar-refractivity contribution in [1.82, 2.24) is 9.88 Å². The molecule has 0 spiro atoms. The summed E-state index contributed by atoms with van der Waals surface area (Å²) in [5, 5.41) is 6.04. The van der Waals surface area contributed by atoms with Gasteiger partial charge in [0.05, 0.1) is 33.1 Å². The Hall–Kier alpha value is -2.85. The van der Waals surface area contributed by atoms with Crippen molar-refractivity contribution in [3.8, 4) is 11.5 Å². The minimum Gasteiger partial charge on any atom is -0.493 e. The Morgan fingerprint density at radius 3 is 2.72 bits per heavy atom. The first-order valence-corrected chi connectivity index (χ1v) is 10.0. The largest absolute Gasteiger partial charge is 0.493 e. The molecule has 2 N–H and O–H groups in total. The summed E-state index contributed by atoms with van der Waals surface area (Å²) < 4.78 is 15.3. The number of aromatic nitrogens is 1. The monoisotopic (exact) mass is 420 g/mol. The van der Waals surface area contributed by atoms with Crippen LogP contribution in [0.2, 0.25) is 0 Å². The zero-order chi connectivity index (χ0) is 20.8. The average molecular weight is 420 g/mol. The molecular formula is C19H24N4O5S. The number of methoxy groups -OCH3 is 2. The second kappa shape index (κ2) is 9.57. The van der Waals surface area contributed by atoms with E-state index in [1.54, 1.807) is 39.3 Å². The highest BCUT2D eigenvalue weighted by Crippen LogP contribution is 2.30. The van der Waals surface area contributed by atoms with Crippen LogP contribution in [0, 0.1) is 0 Å². The molecule has 1 aliphatic rings. The van der Waals surface area contributed by atoms with E-state index >= 15 is 0 Å². The van der Waals surface area contributed by atoms with Crippen molar-refractivity contribution in [3.05, 3.63) is 28.8 Å². The summed E-state index contributed by atoms with van der Waals surface area (Å²) in [5.41, 5.74) is 1.60. The minimum atomic E-state index is -0.509. The summed E-state index contributed by atoms with van der Waals surface area (Å²) in [5.74, 6) is 1.04. The molecule has 0 atom stereocenters. The Kier molecular flexibility index (Phi) is 6.89. The molecule has 0 radical (unpaired) electrons. The summed E-state index contributed by atoms with van der Waals surface area (Å²) in [6.07, 6.45) is 0.213. The van der Waals surface area contributed by atoms with Crippen LogP contribution in [0.4, 0.5) is 15.6 Å². The van der Waals surface area contributed by atoms with Gasteiger partial charge in [-0.3, -0.25) is 15.0 Å². The molecule has 0 saturated carbocycles. The van der Waals surface area contributed by atoms with Crippen LogP contribution >= 0.6 is 11.3 Å². The summed E-state index contributed by atoms with van der Waals surface area (Å²) in [7, 11) is 3.11. The normalized spacial score (nSPS) is 13.3. The van der Waals surface area contributed by atoms with Crippen LogP contribution in [-0.4, -0.2) is 55.8 Å². The van der Waals surface area contributed by atoms with Crippen LogP contribution in [0.1, 0.15) is 17.5 Å². The fourth-order valence-corrected chi connectivity index (χ4v) is 4.05. The van der Waals surface area contributed by atoms with Crippen molar-refractivity contribution in [2.24, 2.45) is 0 Å². The topological polar surface area (TPSA) is 102 Å². The Bertz CT molecular complexity index is 885. The Morgan fingerprint density at radius 1 is 1.21 bits per heavy atom. The molecule has 0 unspecified atom stereocenters. The van der Waals surface area contributed by atoms with Gasteiger partial charge in [0.2, 0.25) is 5.91 Å². The van der Waals surface area contributed by atoms with Gasteiger partial charge in [-0.1, -0.05) is 11.3 Å². The maximum absolute atomic E-state index is 12.5. The van der Waals surface area contributed by atoms with E-state index in [2.05, 4.69) is 15.6 Å². The second-order valence-electron chi connectivity index (χ2n) is 6.31. The summed E-state index contributed by atoms with van der Waals surface area (Å²) in [6, 6.07) is 5.24. The molecule has 156 valence electrons. The van der Waals surface area contributed by atoms with Crippen molar-refractivity contribution in [2.75, 3.05) is 44.5 Å². The van der Waals surface area contributed by atoms with Crippen LogP contribution in [0.25, 0.3) is 0 Å². The Morgan fingerprint density at radius 2 is 2.00 bits per heavy atom. The highest BCUT2D eigenvalue weighted by Gasteiger charge is 2.23. The molecule has 1 aromatic carbocycles. The highest BCUT2D eigenvalue weighted by atomic mass is 32.1. The molecule has 0 aliphatic carbocycles. The van der Waals surface area contributed by atoms with Gasteiger partial charge in [-0.25, -0.2) is 9.78 Å². The predicted molar refractivity (Wildman–Crippen MR) is 110 cm³/mol. The number of carbonyl (C=O) groups is 2. The van der Waals surface area contributed by atoms with Gasteiger partial charge in [0.15, 0.2) is 16.6 Å². The Labute approximate surface area is 173 Å². The van der Waals surface area contributed by atoms with E-state index in [0.29, 0.717) is 35.5 Å². The maximum Gasteiger partial charge on any atom is 0.413 e. The molecule has 9 nitrogen and oxygen atoms in total. The number of hydrogen-bond acceptors (Lipinski definition) is 8. The third kappa shape index (κ3) is 5.36. The van der Waals surface area contributed by atoms with Crippen LogP contribution in [0.15, 0.2) is 18.2 Å². The van der Waals surface area contributed by atoms with E-state index in [0.717, 1.165) is 23.5 Å². The second-order valence-corrected chi connectivity index (χ2v) is 7.40. The lowest BCUT2D eigenvalue weighted by Crippen LogP contribution is -2.36. The summed E-state index contributed by atoms with van der Waals surface area (Å²) in [6.45, 7) is 3.63. The first kappa shape index (κ1) is 20.9. The zero-order valence-corrected chi connectivity index (χ0v) is 17.4. The smallest absolute Gasteiger partial charge is 0.413 e. The first-order valence-electron chi connectivity index (χ1n) is 9.19. The van der Waals surface area contributed by atoms with Gasteiger partial charge in [-0.15, -0.1) is 0 Å². The molecule has 1 aliphatic heterocycles. The van der Waals surface area contributed by atoms with E-state index < -0.39 is 6.09 Å². The molecule has 1 aromatic heterocycles. The summed E-state index contributed by atoms with van der Waals surface area (Å²) in [4.78, 5) is 31.5. The van der Waals surface area contributed by atoms with E-state index in [9.17, 15) is 9.59 Å². The van der Waals surface area contributed by atoms with E-state index in [4.69, 9.17) is 14.2 Å². The summed E-state index contributed by atoms with van der Waals surface area (Å²) >= 11 is 1.41. The van der Waals surface area contributed by atoms with Crippen molar-refractivity contribution >= 4 is 34.2 Å². The SMILES string of the molecule is CCOC(=O)Nc1nc2c(s1)CN(CC(=O)Nc1ccc(OC)c(OC)c1)CC2. The van der Waals surface area contributed by atoms with Crippen LogP contribution < -0.4 is 20.1 Å². The lowest BCUT2D eigenvalue weighted by molar-refractivity contribution is -0.117. The molecule has 3 rings (SSSR count). The number of amides is 2. The fourth-order valence-electron chi connectivity index (χ4n) is 3.01. The van der Waals surface area contributed by atoms with Crippen LogP contribution in [0.3, 0.4) is 0 Å². The van der Waals surface area contributed by atoms with Crippen molar-refractivity contribution in [1.29, 1.82) is 0 Å². The van der Waals surface area contributed by atoms with Crippen molar-refractivity contribution in [3.63, 3.8) is 0 Å². The number of benzene rings is 1. The van der Waals surface area contributed by atoms with Gasteiger partial charge in [-0.2, -0.15) is 0 Å². The quantitative estimate of drug-likeness (QED) is 0.710. The molecular weight excluding hydrogens is 396 g/mol. The molecule has 0 bridgehead atoms. The number of carbonyl (C=O) groups excluding carboxylic acids is 2. The van der Waals surface area contributed by atoms with Gasteiger partial charge in [0.1, 0.15) is 0 Å². The maximum atomic E-state index is 12.5. The van der Waals surface area contributed by atoms with Gasteiger partial charge < -0.3 is 19.5 Å². The third-order valence-corrected chi connectivity index (χ3v) is 5.33. The lowest BCUT2D eigenvalue weighted by atomic mass is 10.2. The Balaban J connectivity index is 1.56. The number of hydrogen-bond donors (Lipinski definition) is 2. The molecule has 0 fully saturated rings. The van der Waals surface area contributed by atoms with Crippen molar-refractivity contribution < 1.29 is 23.8 Å². The number of ether oxygens (including phenoxy) is 3. The number of anilines is 2. The molecule has 2 aromatic rings. The van der Waals surface area contributed by atoms with Crippen molar-refractivity contribution in [2.45, 2.75) is 19.9 Å². The molecule has 2 heterocycles. The lowest BCUT2D eigenvalue weighted by Gasteiger charge is -2.25. The standard InChI is InChI=1S/C19H24N4O5S/c1-4-28-19(25)22-18-21-13-7-8-23(10-16(13)29-18)11-17(24)20-12-5-6-14(26-2)15(9-12)27-3/h5-6,9H,4,7-8,10-11H2,1-3H3,(H,20,24)(H,21,22,25). The number of thiazole rings is 1. The molecule has 2 amide bonds. The number of nitrogens with zero attached hydrogens (tertiary/aromatic N) is 2. The molecule has 10 heteroatoms. The highest BCUT2D eigenvalue weighted by molar-refractivity contribution is 7.15. The number of rotatable bonds is 7. The van der Waals surface area contributed by atoms with E-state index in [1.807, 2.05) is 4.90 Å². The minimum absolute atomic E-state index is 0.116. The molecule has 29 heavy (non-hydrogen) atoms. The number of nitrogens with one attached hydrogen (secondary N) is 2. The average Bonchev–Trinajstić information content (AvgIpc) is 3.09.